The van der Waals surface area contributed by atoms with E-state index in [9.17, 15) is 40.7 Å². The Balaban J connectivity index is 2.63. The minimum absolute atomic E-state index is 0.0227. The molecular weight excluding hydrogens is 444 g/mol. The first-order valence-corrected chi connectivity index (χ1v) is 9.77. The molecule has 1 heterocycles. The van der Waals surface area contributed by atoms with E-state index < -0.39 is 61.3 Å². The number of alkyl halides is 3. The monoisotopic (exact) mass is 456 g/mol. The van der Waals surface area contributed by atoms with E-state index in [1.807, 2.05) is 0 Å². The van der Waals surface area contributed by atoms with Crippen LogP contribution < -0.4 is 14.8 Å². The van der Waals surface area contributed by atoms with Crippen LogP contribution in [0.5, 0.6) is 5.75 Å². The van der Waals surface area contributed by atoms with Crippen LogP contribution >= 0.6 is 11.3 Å². The molecule has 29 heavy (non-hydrogen) atoms. The number of hydrogen-bond donors (Lipinski definition) is 2. The Hall–Kier alpha value is -2.71. The van der Waals surface area contributed by atoms with Gasteiger partial charge in [-0.1, -0.05) is 0 Å². The molecule has 0 fully saturated rings. The molecule has 0 aliphatic heterocycles. The predicted octanol–water partition coefficient (Wildman–Crippen LogP) is 1.99. The number of thiophene rings is 1. The zero-order valence-corrected chi connectivity index (χ0v) is 15.9. The van der Waals surface area contributed by atoms with Crippen LogP contribution in [-0.4, -0.2) is 37.8 Å². The average molecular weight is 456 g/mol. The first kappa shape index (κ1) is 22.6. The molecule has 2 aromatic rings. The highest BCUT2D eigenvalue weighted by atomic mass is 32.2. The molecule has 2 rings (SSSR count). The van der Waals surface area contributed by atoms with E-state index in [1.54, 1.807) is 0 Å². The molecule has 0 saturated heterocycles. The van der Waals surface area contributed by atoms with Crippen LogP contribution in [0.2, 0.25) is 0 Å². The van der Waals surface area contributed by atoms with Crippen molar-refractivity contribution in [2.45, 2.75) is 24.3 Å². The SMILES string of the molecule is C[C@H](O)C(=O)N(c1sccc1C(N)=O)S(=O)(=O)c1ccc(OC(F)(F)F)cc1F. The fraction of sp³-hybridized carbons (Fsp3) is 0.200. The maximum absolute atomic E-state index is 14.3. The molecule has 1 aromatic carbocycles. The highest BCUT2D eigenvalue weighted by Gasteiger charge is 2.38. The zero-order valence-electron chi connectivity index (χ0n) is 14.3. The van der Waals surface area contributed by atoms with Crippen molar-refractivity contribution in [3.63, 3.8) is 0 Å². The van der Waals surface area contributed by atoms with E-state index in [0.29, 0.717) is 23.5 Å². The first-order valence-electron chi connectivity index (χ1n) is 7.45. The highest BCUT2D eigenvalue weighted by Crippen LogP contribution is 2.35. The molecular formula is C15H12F4N2O6S2. The number of sulfonamides is 1. The topological polar surface area (TPSA) is 127 Å². The molecule has 1 atom stereocenters. The Labute approximate surface area is 165 Å². The summed E-state index contributed by atoms with van der Waals surface area (Å²) in [5.74, 6) is -5.23. The normalized spacial score (nSPS) is 13.0. The number of primary amides is 1. The van der Waals surface area contributed by atoms with Crippen molar-refractivity contribution in [2.75, 3.05) is 4.31 Å². The van der Waals surface area contributed by atoms with E-state index in [0.717, 1.165) is 13.0 Å². The van der Waals surface area contributed by atoms with Crippen molar-refractivity contribution in [3.05, 3.63) is 41.0 Å². The second-order valence-electron chi connectivity index (χ2n) is 5.43. The summed E-state index contributed by atoms with van der Waals surface area (Å²) in [7, 11) is -5.10. The Bertz CT molecular complexity index is 1050. The van der Waals surface area contributed by atoms with Crippen molar-refractivity contribution < 1.29 is 45.4 Å². The summed E-state index contributed by atoms with van der Waals surface area (Å²) >= 11 is 0.588. The number of carbonyl (C=O) groups excluding carboxylic acids is 2. The van der Waals surface area contributed by atoms with Gasteiger partial charge >= 0.3 is 6.36 Å². The van der Waals surface area contributed by atoms with Gasteiger partial charge in [0.15, 0.2) is 0 Å². The molecule has 1 aromatic heterocycles. The van der Waals surface area contributed by atoms with Gasteiger partial charge in [0.05, 0.1) is 5.56 Å². The minimum atomic E-state index is -5.14. The number of ether oxygens (including phenoxy) is 1. The smallest absolute Gasteiger partial charge is 0.406 e. The Kier molecular flexibility index (Phi) is 6.20. The zero-order chi connectivity index (χ0) is 22.1. The summed E-state index contributed by atoms with van der Waals surface area (Å²) in [4.78, 5) is 22.7. The molecule has 2 amide bonds. The number of amides is 2. The average Bonchev–Trinajstić information content (AvgIpc) is 3.02. The summed E-state index contributed by atoms with van der Waals surface area (Å²) in [5.41, 5.74) is 4.74. The molecule has 0 bridgehead atoms. The number of aliphatic hydroxyl groups excluding tert-OH is 1. The van der Waals surface area contributed by atoms with E-state index >= 15 is 0 Å². The van der Waals surface area contributed by atoms with Crippen LogP contribution in [0, 0.1) is 5.82 Å². The van der Waals surface area contributed by atoms with Gasteiger partial charge in [-0.25, -0.2) is 12.8 Å². The number of nitrogens with two attached hydrogens (primary N) is 1. The van der Waals surface area contributed by atoms with Crippen LogP contribution in [-0.2, 0) is 14.8 Å². The molecule has 0 aliphatic rings. The van der Waals surface area contributed by atoms with Gasteiger partial charge in [0.25, 0.3) is 21.8 Å². The summed E-state index contributed by atoms with van der Waals surface area (Å²) in [6.45, 7) is 0.930. The summed E-state index contributed by atoms with van der Waals surface area (Å²) < 4.78 is 80.4. The number of benzene rings is 1. The molecule has 8 nitrogen and oxygen atoms in total. The lowest BCUT2D eigenvalue weighted by Gasteiger charge is -2.23. The Morgan fingerprint density at radius 2 is 1.90 bits per heavy atom. The number of rotatable bonds is 6. The van der Waals surface area contributed by atoms with Crippen LogP contribution in [0.25, 0.3) is 0 Å². The number of halogens is 4. The lowest BCUT2D eigenvalue weighted by Crippen LogP contribution is -2.43. The molecule has 0 unspecified atom stereocenters. The summed E-state index contributed by atoms with van der Waals surface area (Å²) in [6, 6.07) is 2.25. The van der Waals surface area contributed by atoms with Gasteiger partial charge in [-0.15, -0.1) is 24.5 Å². The van der Waals surface area contributed by atoms with Crippen molar-refractivity contribution in [2.24, 2.45) is 5.73 Å². The third kappa shape index (κ3) is 4.83. The van der Waals surface area contributed by atoms with Gasteiger partial charge in [0.2, 0.25) is 0 Å². The van der Waals surface area contributed by atoms with Gasteiger partial charge in [0, 0.05) is 6.07 Å². The fourth-order valence-electron chi connectivity index (χ4n) is 2.13. The van der Waals surface area contributed by atoms with E-state index in [2.05, 4.69) is 4.74 Å². The van der Waals surface area contributed by atoms with E-state index in [4.69, 9.17) is 5.73 Å². The van der Waals surface area contributed by atoms with Gasteiger partial charge in [-0.05, 0) is 30.5 Å². The third-order valence-corrected chi connectivity index (χ3v) is 6.05. The van der Waals surface area contributed by atoms with Gasteiger partial charge < -0.3 is 15.6 Å². The second-order valence-corrected chi connectivity index (χ2v) is 8.08. The maximum Gasteiger partial charge on any atom is 0.573 e. The van der Waals surface area contributed by atoms with Crippen molar-refractivity contribution >= 4 is 38.2 Å². The van der Waals surface area contributed by atoms with Crippen LogP contribution in [0.3, 0.4) is 0 Å². The minimum Gasteiger partial charge on any atom is -0.406 e. The maximum atomic E-state index is 14.3. The molecule has 14 heteroatoms. The molecule has 3 N–H and O–H groups in total. The van der Waals surface area contributed by atoms with Crippen molar-refractivity contribution in [3.8, 4) is 5.75 Å². The Morgan fingerprint density at radius 3 is 2.38 bits per heavy atom. The molecule has 0 spiro atoms. The Morgan fingerprint density at radius 1 is 1.28 bits per heavy atom. The fourth-order valence-corrected chi connectivity index (χ4v) is 4.82. The lowest BCUT2D eigenvalue weighted by atomic mass is 10.3. The van der Waals surface area contributed by atoms with Crippen LogP contribution in [0.4, 0.5) is 22.6 Å². The van der Waals surface area contributed by atoms with E-state index in [-0.39, 0.29) is 10.4 Å². The van der Waals surface area contributed by atoms with Gasteiger partial charge in [0.1, 0.15) is 27.6 Å². The quantitative estimate of drug-likeness (QED) is 0.640. The summed E-state index contributed by atoms with van der Waals surface area (Å²) in [5, 5.41) is 10.3. The number of aliphatic hydroxyl groups is 1. The molecule has 158 valence electrons. The molecule has 0 saturated carbocycles. The largest absolute Gasteiger partial charge is 0.573 e. The second kappa shape index (κ2) is 7.96. The first-order chi connectivity index (χ1) is 13.3. The van der Waals surface area contributed by atoms with Gasteiger partial charge in [-0.2, -0.15) is 4.31 Å². The van der Waals surface area contributed by atoms with E-state index in [1.165, 1.54) is 5.38 Å². The number of anilines is 1. The number of nitrogens with zero attached hydrogens (tertiary/aromatic N) is 1. The van der Waals surface area contributed by atoms with Crippen LogP contribution in [0.1, 0.15) is 17.3 Å². The van der Waals surface area contributed by atoms with Gasteiger partial charge in [-0.3, -0.25) is 9.59 Å². The number of hydrogen-bond acceptors (Lipinski definition) is 7. The summed E-state index contributed by atoms with van der Waals surface area (Å²) in [6.07, 6.45) is -7.03. The highest BCUT2D eigenvalue weighted by molar-refractivity contribution is 7.93. The van der Waals surface area contributed by atoms with Crippen molar-refractivity contribution in [1.82, 2.24) is 0 Å². The molecule has 0 radical (unpaired) electrons. The standard InChI is InChI=1S/C15H12F4N2O6S2/c1-7(22)13(24)21(14-9(12(20)23)4-5-28-14)29(25,26)11-3-2-8(6-10(11)16)27-15(17,18)19/h2-7,22H,1H3,(H2,20,23)/t7-/m0/s1. The molecule has 0 aliphatic carbocycles. The van der Waals surface area contributed by atoms with Crippen molar-refractivity contribution in [1.29, 1.82) is 0 Å². The third-order valence-electron chi connectivity index (χ3n) is 3.31. The lowest BCUT2D eigenvalue weighted by molar-refractivity contribution is -0.274. The predicted molar refractivity (Wildman–Crippen MR) is 92.3 cm³/mol. The van der Waals surface area contributed by atoms with Crippen LogP contribution in [0.15, 0.2) is 34.5 Å². The number of carbonyl (C=O) groups is 2.